The molecule has 0 radical (unpaired) electrons. The quantitative estimate of drug-likeness (QED) is 0.806. The standard InChI is InChI=1S/C14H18N2O2S/c1-10-9-13(19-12(10)3-2-6-15)14(18)16(7-8-17)11-4-5-11/h9,11,17H,4-8,15H2,1H3. The van der Waals surface area contributed by atoms with Gasteiger partial charge < -0.3 is 15.7 Å². The van der Waals surface area contributed by atoms with Gasteiger partial charge in [0.2, 0.25) is 0 Å². The normalized spacial score (nSPS) is 13.8. The fourth-order valence-electron chi connectivity index (χ4n) is 1.93. The summed E-state index contributed by atoms with van der Waals surface area (Å²) in [7, 11) is 0. The molecule has 1 aliphatic carbocycles. The second-order valence-corrected chi connectivity index (χ2v) is 5.63. The predicted octanol–water partition coefficient (Wildman–Crippen LogP) is 0.964. The number of thiophene rings is 1. The molecule has 1 aromatic rings. The first-order chi connectivity index (χ1) is 9.17. The largest absolute Gasteiger partial charge is 0.395 e. The van der Waals surface area contributed by atoms with Crippen LogP contribution in [0.3, 0.4) is 0 Å². The molecule has 19 heavy (non-hydrogen) atoms. The molecule has 0 atom stereocenters. The van der Waals surface area contributed by atoms with Gasteiger partial charge in [-0.05, 0) is 31.4 Å². The Hall–Kier alpha value is -1.35. The Labute approximate surface area is 117 Å². The van der Waals surface area contributed by atoms with E-state index >= 15 is 0 Å². The van der Waals surface area contributed by atoms with Crippen LogP contribution in [0.4, 0.5) is 0 Å². The van der Waals surface area contributed by atoms with Crippen LogP contribution in [0, 0.1) is 18.8 Å². The molecular weight excluding hydrogens is 260 g/mol. The summed E-state index contributed by atoms with van der Waals surface area (Å²) in [6, 6.07) is 2.18. The molecule has 1 fully saturated rings. The van der Waals surface area contributed by atoms with Gasteiger partial charge in [0, 0.05) is 12.6 Å². The van der Waals surface area contributed by atoms with Crippen LogP contribution >= 0.6 is 11.3 Å². The van der Waals surface area contributed by atoms with Gasteiger partial charge in [0.1, 0.15) is 0 Å². The van der Waals surface area contributed by atoms with Gasteiger partial charge in [-0.25, -0.2) is 0 Å². The lowest BCUT2D eigenvalue weighted by Crippen LogP contribution is -2.35. The second-order valence-electron chi connectivity index (χ2n) is 4.58. The van der Waals surface area contributed by atoms with E-state index in [4.69, 9.17) is 10.8 Å². The van der Waals surface area contributed by atoms with Crippen LogP contribution in [0.2, 0.25) is 0 Å². The summed E-state index contributed by atoms with van der Waals surface area (Å²) >= 11 is 1.40. The zero-order valence-corrected chi connectivity index (χ0v) is 11.8. The SMILES string of the molecule is Cc1cc(C(=O)N(CCO)C2CC2)sc1C#CCN. The number of hydrogen-bond donors (Lipinski definition) is 2. The lowest BCUT2D eigenvalue weighted by molar-refractivity contribution is 0.0712. The van der Waals surface area contributed by atoms with E-state index in [1.54, 1.807) is 4.90 Å². The number of nitrogens with zero attached hydrogens (tertiary/aromatic N) is 1. The Bertz CT molecular complexity index is 523. The number of rotatable bonds is 4. The number of hydrogen-bond acceptors (Lipinski definition) is 4. The van der Waals surface area contributed by atoms with Gasteiger partial charge in [-0.15, -0.1) is 11.3 Å². The monoisotopic (exact) mass is 278 g/mol. The number of aliphatic hydroxyl groups excluding tert-OH is 1. The molecular formula is C14H18N2O2S. The highest BCUT2D eigenvalue weighted by molar-refractivity contribution is 7.14. The maximum atomic E-state index is 12.4. The van der Waals surface area contributed by atoms with Crippen molar-refractivity contribution in [2.45, 2.75) is 25.8 Å². The van der Waals surface area contributed by atoms with Crippen LogP contribution in [0.25, 0.3) is 0 Å². The van der Waals surface area contributed by atoms with E-state index in [9.17, 15) is 4.79 Å². The minimum absolute atomic E-state index is 0.00504. The molecule has 5 heteroatoms. The van der Waals surface area contributed by atoms with Crippen molar-refractivity contribution in [1.29, 1.82) is 0 Å². The van der Waals surface area contributed by atoms with E-state index < -0.39 is 0 Å². The maximum absolute atomic E-state index is 12.4. The zero-order valence-electron chi connectivity index (χ0n) is 11.0. The van der Waals surface area contributed by atoms with Crippen molar-refractivity contribution >= 4 is 17.2 Å². The number of amides is 1. The third-order valence-corrected chi connectivity index (χ3v) is 4.16. The fourth-order valence-corrected chi connectivity index (χ4v) is 2.93. The van der Waals surface area contributed by atoms with Crippen LogP contribution in [0.15, 0.2) is 6.07 Å². The van der Waals surface area contributed by atoms with Crippen molar-refractivity contribution < 1.29 is 9.90 Å². The topological polar surface area (TPSA) is 66.6 Å². The van der Waals surface area contributed by atoms with Crippen molar-refractivity contribution in [2.24, 2.45) is 5.73 Å². The molecule has 0 aromatic carbocycles. The molecule has 0 aliphatic heterocycles. The van der Waals surface area contributed by atoms with Crippen LogP contribution < -0.4 is 5.73 Å². The molecule has 1 aromatic heterocycles. The van der Waals surface area contributed by atoms with Crippen LogP contribution in [-0.2, 0) is 0 Å². The van der Waals surface area contributed by atoms with Gasteiger partial charge in [0.05, 0.1) is 22.9 Å². The molecule has 1 aliphatic rings. The van der Waals surface area contributed by atoms with Gasteiger partial charge in [-0.3, -0.25) is 4.79 Å². The van der Waals surface area contributed by atoms with Gasteiger partial charge in [-0.1, -0.05) is 11.8 Å². The first-order valence-electron chi connectivity index (χ1n) is 6.38. The number of carbonyl (C=O) groups is 1. The highest BCUT2D eigenvalue weighted by atomic mass is 32.1. The van der Waals surface area contributed by atoms with Crippen molar-refractivity contribution in [1.82, 2.24) is 4.90 Å². The molecule has 0 spiro atoms. The summed E-state index contributed by atoms with van der Waals surface area (Å²) < 4.78 is 0. The van der Waals surface area contributed by atoms with E-state index in [-0.39, 0.29) is 12.5 Å². The molecule has 1 amide bonds. The zero-order chi connectivity index (χ0) is 13.8. The minimum atomic E-state index is 0.00504. The molecule has 0 saturated heterocycles. The Balaban J connectivity index is 2.18. The Morgan fingerprint density at radius 1 is 1.63 bits per heavy atom. The fraction of sp³-hybridized carbons (Fsp3) is 0.500. The molecule has 2 rings (SSSR count). The molecule has 1 saturated carbocycles. The van der Waals surface area contributed by atoms with Gasteiger partial charge in [0.25, 0.3) is 5.91 Å². The Morgan fingerprint density at radius 2 is 2.37 bits per heavy atom. The van der Waals surface area contributed by atoms with Gasteiger partial charge in [-0.2, -0.15) is 0 Å². The van der Waals surface area contributed by atoms with Crippen LogP contribution in [0.5, 0.6) is 0 Å². The molecule has 3 N–H and O–H groups in total. The van der Waals surface area contributed by atoms with Crippen molar-refractivity contribution in [3.8, 4) is 11.8 Å². The Morgan fingerprint density at radius 3 is 2.95 bits per heavy atom. The van der Waals surface area contributed by atoms with E-state index in [0.29, 0.717) is 24.0 Å². The highest BCUT2D eigenvalue weighted by Crippen LogP contribution is 2.30. The number of nitrogens with two attached hydrogens (primary N) is 1. The summed E-state index contributed by atoms with van der Waals surface area (Å²) in [4.78, 5) is 15.8. The van der Waals surface area contributed by atoms with Gasteiger partial charge >= 0.3 is 0 Å². The van der Waals surface area contributed by atoms with Gasteiger partial charge in [0.15, 0.2) is 0 Å². The van der Waals surface area contributed by atoms with Crippen molar-refractivity contribution in [3.63, 3.8) is 0 Å². The number of carbonyl (C=O) groups excluding carboxylic acids is 1. The number of aliphatic hydroxyl groups is 1. The van der Waals surface area contributed by atoms with Crippen LogP contribution in [0.1, 0.15) is 33.0 Å². The first-order valence-corrected chi connectivity index (χ1v) is 7.20. The molecule has 4 nitrogen and oxygen atoms in total. The summed E-state index contributed by atoms with van der Waals surface area (Å²) in [6.45, 7) is 2.68. The lowest BCUT2D eigenvalue weighted by atomic mass is 10.2. The molecule has 1 heterocycles. The third-order valence-electron chi connectivity index (χ3n) is 3.02. The number of aryl methyl sites for hydroxylation is 1. The summed E-state index contributed by atoms with van der Waals surface area (Å²) in [5.41, 5.74) is 6.37. The highest BCUT2D eigenvalue weighted by Gasteiger charge is 2.33. The first kappa shape index (κ1) is 14.1. The molecule has 0 bridgehead atoms. The van der Waals surface area contributed by atoms with E-state index in [0.717, 1.165) is 23.3 Å². The van der Waals surface area contributed by atoms with Crippen molar-refractivity contribution in [3.05, 3.63) is 21.4 Å². The third kappa shape index (κ3) is 3.35. The average Bonchev–Trinajstić information content (AvgIpc) is 3.17. The van der Waals surface area contributed by atoms with Crippen LogP contribution in [-0.4, -0.2) is 41.7 Å². The maximum Gasteiger partial charge on any atom is 0.264 e. The van der Waals surface area contributed by atoms with E-state index in [1.165, 1.54) is 11.3 Å². The van der Waals surface area contributed by atoms with E-state index in [2.05, 4.69) is 11.8 Å². The summed E-state index contributed by atoms with van der Waals surface area (Å²) in [5.74, 6) is 5.80. The summed E-state index contributed by atoms with van der Waals surface area (Å²) in [5, 5.41) is 9.06. The summed E-state index contributed by atoms with van der Waals surface area (Å²) in [6.07, 6.45) is 2.08. The average molecular weight is 278 g/mol. The van der Waals surface area contributed by atoms with Crippen molar-refractivity contribution in [2.75, 3.05) is 19.7 Å². The smallest absolute Gasteiger partial charge is 0.264 e. The Kier molecular flexibility index (Phi) is 4.59. The molecule has 102 valence electrons. The minimum Gasteiger partial charge on any atom is -0.395 e. The van der Waals surface area contributed by atoms with E-state index in [1.807, 2.05) is 13.0 Å². The second kappa shape index (κ2) is 6.20. The molecule has 0 unspecified atom stereocenters. The lowest BCUT2D eigenvalue weighted by Gasteiger charge is -2.20. The predicted molar refractivity (Wildman–Crippen MR) is 76.1 cm³/mol.